The molecule has 3 rings (SSSR count). The summed E-state index contributed by atoms with van der Waals surface area (Å²) >= 11 is 5.97. The predicted octanol–water partition coefficient (Wildman–Crippen LogP) is 4.20. The van der Waals surface area contributed by atoms with E-state index in [1.165, 1.54) is 0 Å². The number of nitrogens with one attached hydrogen (secondary N) is 1. The first-order chi connectivity index (χ1) is 12.1. The van der Waals surface area contributed by atoms with Crippen molar-refractivity contribution in [3.8, 4) is 17.1 Å². The Balaban J connectivity index is 1.63. The van der Waals surface area contributed by atoms with Gasteiger partial charge in [-0.2, -0.15) is 0 Å². The van der Waals surface area contributed by atoms with Crippen LogP contribution in [-0.4, -0.2) is 22.0 Å². The van der Waals surface area contributed by atoms with Crippen LogP contribution in [0.4, 0.5) is 5.69 Å². The summed E-state index contributed by atoms with van der Waals surface area (Å²) in [6.45, 7) is 1.68. The van der Waals surface area contributed by atoms with Crippen LogP contribution in [0.3, 0.4) is 0 Å². The molecule has 1 amide bonds. The zero-order chi connectivity index (χ0) is 17.6. The summed E-state index contributed by atoms with van der Waals surface area (Å²) in [4.78, 5) is 20.7. The molecule has 0 unspecified atom stereocenters. The Hall–Kier alpha value is -2.92. The van der Waals surface area contributed by atoms with Gasteiger partial charge >= 0.3 is 0 Å². The van der Waals surface area contributed by atoms with Crippen molar-refractivity contribution in [1.82, 2.24) is 9.97 Å². The summed E-state index contributed by atoms with van der Waals surface area (Å²) in [7, 11) is 0. The lowest BCUT2D eigenvalue weighted by molar-refractivity contribution is -0.122. The predicted molar refractivity (Wildman–Crippen MR) is 97.6 cm³/mol. The highest BCUT2D eigenvalue weighted by atomic mass is 35.5. The Bertz CT molecular complexity index is 854. The molecule has 1 N–H and O–H groups in total. The molecule has 0 aliphatic carbocycles. The Morgan fingerprint density at radius 1 is 1.08 bits per heavy atom. The van der Waals surface area contributed by atoms with Gasteiger partial charge in [0.2, 0.25) is 0 Å². The third kappa shape index (κ3) is 4.55. The standard InChI is InChI=1S/C19H16ClN3O2/c1-13(25-17-8-3-2-4-9-17)19(24)23-16-11-21-18(22-12-16)14-6-5-7-15(20)10-14/h2-13H,1H3,(H,23,24)/t13-/m1/s1. The number of aromatic nitrogens is 2. The highest BCUT2D eigenvalue weighted by Gasteiger charge is 2.15. The first-order valence-electron chi connectivity index (χ1n) is 7.72. The van der Waals surface area contributed by atoms with Gasteiger partial charge in [-0.3, -0.25) is 4.79 Å². The van der Waals surface area contributed by atoms with Crippen LogP contribution in [0.2, 0.25) is 5.02 Å². The minimum Gasteiger partial charge on any atom is -0.481 e. The molecule has 2 aromatic carbocycles. The van der Waals surface area contributed by atoms with Gasteiger partial charge in [0.25, 0.3) is 5.91 Å². The van der Waals surface area contributed by atoms with E-state index in [9.17, 15) is 4.79 Å². The summed E-state index contributed by atoms with van der Waals surface area (Å²) in [5.41, 5.74) is 1.31. The van der Waals surface area contributed by atoms with Gasteiger partial charge in [-0.15, -0.1) is 0 Å². The van der Waals surface area contributed by atoms with E-state index in [-0.39, 0.29) is 5.91 Å². The summed E-state index contributed by atoms with van der Waals surface area (Å²) in [6.07, 6.45) is 2.46. The molecule has 1 heterocycles. The van der Waals surface area contributed by atoms with Gasteiger partial charge in [0.05, 0.1) is 18.1 Å². The van der Waals surface area contributed by atoms with E-state index in [4.69, 9.17) is 16.3 Å². The van der Waals surface area contributed by atoms with E-state index >= 15 is 0 Å². The second-order valence-corrected chi connectivity index (χ2v) is 5.80. The highest BCUT2D eigenvalue weighted by molar-refractivity contribution is 6.30. The number of hydrogen-bond donors (Lipinski definition) is 1. The SMILES string of the molecule is C[C@@H](Oc1ccccc1)C(=O)Nc1cnc(-c2cccc(Cl)c2)nc1. The molecule has 0 aliphatic rings. The normalized spacial score (nSPS) is 11.6. The summed E-state index contributed by atoms with van der Waals surface area (Å²) in [5, 5.41) is 3.35. The van der Waals surface area contributed by atoms with Gasteiger partial charge in [0.15, 0.2) is 11.9 Å². The van der Waals surface area contributed by atoms with Crippen LogP contribution < -0.4 is 10.1 Å². The molecule has 3 aromatic rings. The Labute approximate surface area is 150 Å². The zero-order valence-corrected chi connectivity index (χ0v) is 14.3. The minimum absolute atomic E-state index is 0.275. The van der Waals surface area contributed by atoms with E-state index in [1.807, 2.05) is 30.3 Å². The van der Waals surface area contributed by atoms with Crippen LogP contribution in [0.1, 0.15) is 6.92 Å². The van der Waals surface area contributed by atoms with Crippen LogP contribution in [0.25, 0.3) is 11.4 Å². The van der Waals surface area contributed by atoms with Crippen molar-refractivity contribution in [2.24, 2.45) is 0 Å². The van der Waals surface area contributed by atoms with Gasteiger partial charge in [-0.1, -0.05) is 41.9 Å². The van der Waals surface area contributed by atoms with E-state index in [1.54, 1.807) is 43.6 Å². The molecule has 5 nitrogen and oxygen atoms in total. The quantitative estimate of drug-likeness (QED) is 0.746. The maximum atomic E-state index is 12.2. The molecule has 0 aliphatic heterocycles. The van der Waals surface area contributed by atoms with Crippen molar-refractivity contribution in [2.45, 2.75) is 13.0 Å². The third-order valence-electron chi connectivity index (χ3n) is 3.43. The summed E-state index contributed by atoms with van der Waals surface area (Å²) < 4.78 is 5.59. The molecule has 1 atom stereocenters. The molecular formula is C19H16ClN3O2. The molecule has 0 bridgehead atoms. The first-order valence-corrected chi connectivity index (χ1v) is 8.10. The molecule has 25 heavy (non-hydrogen) atoms. The number of rotatable bonds is 5. The van der Waals surface area contributed by atoms with Gasteiger partial charge in [0.1, 0.15) is 5.75 Å². The fourth-order valence-corrected chi connectivity index (χ4v) is 2.36. The zero-order valence-electron chi connectivity index (χ0n) is 13.5. The molecule has 0 saturated carbocycles. The second kappa shape index (κ2) is 7.77. The smallest absolute Gasteiger partial charge is 0.265 e. The molecule has 1 aromatic heterocycles. The molecule has 6 heteroatoms. The average molecular weight is 354 g/mol. The van der Waals surface area contributed by atoms with Gasteiger partial charge in [0, 0.05) is 10.6 Å². The second-order valence-electron chi connectivity index (χ2n) is 5.37. The van der Waals surface area contributed by atoms with E-state index in [0.717, 1.165) is 5.56 Å². The molecule has 0 spiro atoms. The van der Waals surface area contributed by atoms with Gasteiger partial charge in [-0.25, -0.2) is 9.97 Å². The topological polar surface area (TPSA) is 64.1 Å². The van der Waals surface area contributed by atoms with Crippen LogP contribution in [-0.2, 0) is 4.79 Å². The lowest BCUT2D eigenvalue weighted by atomic mass is 10.2. The number of amides is 1. The molecule has 0 saturated heterocycles. The molecule has 0 radical (unpaired) electrons. The average Bonchev–Trinajstić information content (AvgIpc) is 2.63. The largest absolute Gasteiger partial charge is 0.481 e. The van der Waals surface area contributed by atoms with Crippen molar-refractivity contribution in [3.05, 3.63) is 72.0 Å². The van der Waals surface area contributed by atoms with Crippen LogP contribution >= 0.6 is 11.6 Å². The molecule has 0 fully saturated rings. The lowest BCUT2D eigenvalue weighted by Crippen LogP contribution is -2.30. The molecule has 126 valence electrons. The van der Waals surface area contributed by atoms with E-state index in [0.29, 0.717) is 22.3 Å². The number of nitrogens with zero attached hydrogens (tertiary/aromatic N) is 2. The number of anilines is 1. The van der Waals surface area contributed by atoms with Crippen molar-refractivity contribution in [2.75, 3.05) is 5.32 Å². The van der Waals surface area contributed by atoms with Crippen molar-refractivity contribution in [3.63, 3.8) is 0 Å². The number of para-hydroxylation sites is 1. The maximum absolute atomic E-state index is 12.2. The van der Waals surface area contributed by atoms with Crippen molar-refractivity contribution < 1.29 is 9.53 Å². The van der Waals surface area contributed by atoms with Crippen LogP contribution in [0, 0.1) is 0 Å². The Morgan fingerprint density at radius 3 is 2.48 bits per heavy atom. The fourth-order valence-electron chi connectivity index (χ4n) is 2.17. The number of carbonyl (C=O) groups is 1. The number of carbonyl (C=O) groups excluding carboxylic acids is 1. The Kier molecular flexibility index (Phi) is 5.26. The van der Waals surface area contributed by atoms with E-state index < -0.39 is 6.10 Å². The first kappa shape index (κ1) is 16.9. The number of hydrogen-bond acceptors (Lipinski definition) is 4. The van der Waals surface area contributed by atoms with Gasteiger partial charge in [-0.05, 0) is 31.2 Å². The Morgan fingerprint density at radius 2 is 1.80 bits per heavy atom. The van der Waals surface area contributed by atoms with Crippen molar-refractivity contribution >= 4 is 23.2 Å². The fraction of sp³-hybridized carbons (Fsp3) is 0.105. The third-order valence-corrected chi connectivity index (χ3v) is 3.66. The van der Waals surface area contributed by atoms with Crippen molar-refractivity contribution in [1.29, 1.82) is 0 Å². The maximum Gasteiger partial charge on any atom is 0.265 e. The van der Waals surface area contributed by atoms with Gasteiger partial charge < -0.3 is 10.1 Å². The number of halogens is 1. The minimum atomic E-state index is -0.644. The highest BCUT2D eigenvalue weighted by Crippen LogP contribution is 2.20. The van der Waals surface area contributed by atoms with Crippen LogP contribution in [0.5, 0.6) is 5.75 Å². The van der Waals surface area contributed by atoms with Crippen LogP contribution in [0.15, 0.2) is 67.0 Å². The summed E-state index contributed by atoms with van der Waals surface area (Å²) in [6, 6.07) is 16.5. The monoisotopic (exact) mass is 353 g/mol. The lowest BCUT2D eigenvalue weighted by Gasteiger charge is -2.14. The number of ether oxygens (including phenoxy) is 1. The molecular weight excluding hydrogens is 338 g/mol. The van der Waals surface area contributed by atoms with E-state index in [2.05, 4.69) is 15.3 Å². The number of benzene rings is 2. The summed E-state index contributed by atoms with van der Waals surface area (Å²) in [5.74, 6) is 0.898.